The fourth-order valence-corrected chi connectivity index (χ4v) is 7.32. The summed E-state index contributed by atoms with van der Waals surface area (Å²) in [7, 11) is -2.73. The molecule has 1 saturated heterocycles. The molecule has 0 radical (unpaired) electrons. The zero-order chi connectivity index (χ0) is 33.5. The van der Waals surface area contributed by atoms with E-state index in [-0.39, 0.29) is 30.6 Å². The monoisotopic (exact) mass is 679 g/mol. The number of sulfonamides is 1. The molecule has 1 amide bonds. The van der Waals surface area contributed by atoms with E-state index in [1.165, 1.54) is 34.9 Å². The Hall–Kier alpha value is -1.61. The van der Waals surface area contributed by atoms with Crippen LogP contribution in [0.2, 0.25) is 10.0 Å². The molecule has 5 atom stereocenters. The minimum absolute atomic E-state index is 0.0676. The first kappa shape index (κ1) is 41.4. The summed E-state index contributed by atoms with van der Waals surface area (Å²) in [6.07, 6.45) is 6.65. The molecule has 2 rings (SSSR count). The third-order valence-electron chi connectivity index (χ3n) is 6.54. The van der Waals surface area contributed by atoms with Crippen molar-refractivity contribution in [3.05, 3.63) is 57.6 Å². The number of benzene rings is 1. The van der Waals surface area contributed by atoms with Crippen molar-refractivity contribution in [2.75, 3.05) is 20.2 Å². The number of rotatable bonds is 12. The van der Waals surface area contributed by atoms with Crippen LogP contribution in [0.25, 0.3) is 0 Å². The van der Waals surface area contributed by atoms with Crippen molar-refractivity contribution in [3.8, 4) is 12.3 Å². The zero-order valence-electron chi connectivity index (χ0n) is 26.5. The highest BCUT2D eigenvalue weighted by Gasteiger charge is 2.48. The smallest absolute Gasteiger partial charge is 0.225 e. The number of nitrogens with zero attached hydrogens (tertiary/aromatic N) is 3. The minimum atomic E-state index is -4.12. The lowest BCUT2D eigenvalue weighted by molar-refractivity contribution is -0.162. The van der Waals surface area contributed by atoms with Crippen LogP contribution in [0.1, 0.15) is 60.5 Å². The summed E-state index contributed by atoms with van der Waals surface area (Å²) < 4.78 is 34.8. The Balaban J connectivity index is 0.00000270. The van der Waals surface area contributed by atoms with Crippen molar-refractivity contribution in [2.45, 2.75) is 97.1 Å². The molecule has 0 spiro atoms. The fourth-order valence-electron chi connectivity index (χ4n) is 4.67. The number of allylic oxidation sites excluding steroid dienone is 1. The highest BCUT2D eigenvalue weighted by molar-refractivity contribution is 7.90. The molecule has 1 heterocycles. The van der Waals surface area contributed by atoms with Crippen LogP contribution in [-0.2, 0) is 26.0 Å². The molecule has 244 valence electrons. The van der Waals surface area contributed by atoms with Crippen molar-refractivity contribution >= 4 is 51.2 Å². The number of hydrogen-bond donors (Lipinski definition) is 1. The van der Waals surface area contributed by atoms with E-state index in [0.29, 0.717) is 16.5 Å². The topological polar surface area (TPSA) is 90.4 Å². The summed E-state index contributed by atoms with van der Waals surface area (Å²) in [5.74, 6) is 2.25. The number of halogens is 3. The number of ether oxygens (including phenoxy) is 1. The van der Waals surface area contributed by atoms with Crippen LogP contribution >= 0.6 is 34.8 Å². The van der Waals surface area contributed by atoms with Crippen molar-refractivity contribution < 1.29 is 23.1 Å². The summed E-state index contributed by atoms with van der Waals surface area (Å²) in [6, 6.07) is 4.19. The van der Waals surface area contributed by atoms with Gasteiger partial charge in [0.1, 0.15) is 17.6 Å². The van der Waals surface area contributed by atoms with Gasteiger partial charge in [0.25, 0.3) is 0 Å². The van der Waals surface area contributed by atoms with Gasteiger partial charge in [-0.1, -0.05) is 74.1 Å². The van der Waals surface area contributed by atoms with Crippen LogP contribution in [-0.4, -0.2) is 90.1 Å². The number of aliphatic hydroxyl groups is 1. The molecule has 1 aromatic rings. The molecule has 5 unspecified atom stereocenters. The van der Waals surface area contributed by atoms with Gasteiger partial charge in [0.05, 0.1) is 22.2 Å². The Labute approximate surface area is 274 Å². The number of piperazine rings is 1. The molecule has 0 bridgehead atoms. The normalized spacial score (nSPS) is 20.7. The van der Waals surface area contributed by atoms with Gasteiger partial charge in [-0.05, 0) is 57.9 Å². The summed E-state index contributed by atoms with van der Waals surface area (Å²) in [4.78, 5) is 15.7. The average molecular weight is 681 g/mol. The predicted octanol–water partition coefficient (Wildman–Crippen LogP) is 6.15. The third kappa shape index (κ3) is 11.7. The Bertz CT molecular complexity index is 1190. The molecule has 12 heteroatoms. The summed E-state index contributed by atoms with van der Waals surface area (Å²) in [5.41, 5.74) is 0.741. The maximum Gasteiger partial charge on any atom is 0.225 e. The molecule has 1 aliphatic rings. The Morgan fingerprint density at radius 2 is 1.84 bits per heavy atom. The van der Waals surface area contributed by atoms with Gasteiger partial charge in [0, 0.05) is 31.3 Å². The standard InChI is InChI=1S/C25H36Cl3N3O5S.C3H8.C3H4/c1-7-22(36-6)23(11-17(5)26)37(34,35)31(8-2)24-14-29(16(3)4)25(33)21(30(24)15-32)13-18-9-10-19(27)20(28)12-18;2*1-3-2/h7,9-12,15-16,21-25,33H,1,8,13-14H2,2-6H3;3H2,1-2H3;1H,2H3/b17-11+;;. The second-order valence-corrected chi connectivity index (χ2v) is 13.6. The van der Waals surface area contributed by atoms with E-state index in [1.807, 2.05) is 13.8 Å². The van der Waals surface area contributed by atoms with E-state index in [0.717, 1.165) is 5.56 Å². The number of hydrogen-bond acceptors (Lipinski definition) is 6. The maximum absolute atomic E-state index is 14.1. The van der Waals surface area contributed by atoms with Gasteiger partial charge in [-0.25, -0.2) is 8.42 Å². The van der Waals surface area contributed by atoms with Gasteiger partial charge < -0.3 is 14.7 Å². The van der Waals surface area contributed by atoms with E-state index in [2.05, 4.69) is 32.8 Å². The molecule has 1 N–H and O–H groups in total. The van der Waals surface area contributed by atoms with Crippen LogP contribution < -0.4 is 0 Å². The molecule has 0 aliphatic carbocycles. The van der Waals surface area contributed by atoms with Gasteiger partial charge in [-0.2, -0.15) is 4.31 Å². The number of terminal acetylenes is 1. The molecule has 0 saturated carbocycles. The van der Waals surface area contributed by atoms with Gasteiger partial charge in [0.2, 0.25) is 16.4 Å². The molecule has 8 nitrogen and oxygen atoms in total. The Kier molecular flexibility index (Phi) is 19.7. The van der Waals surface area contributed by atoms with Crippen LogP contribution in [0.4, 0.5) is 0 Å². The molecular weight excluding hydrogens is 633 g/mol. The predicted molar refractivity (Wildman–Crippen MR) is 180 cm³/mol. The number of carbonyl (C=O) groups excluding carboxylic acids is 1. The van der Waals surface area contributed by atoms with Crippen molar-refractivity contribution in [1.82, 2.24) is 14.1 Å². The third-order valence-corrected chi connectivity index (χ3v) is 9.65. The molecule has 0 aromatic heterocycles. The van der Waals surface area contributed by atoms with E-state index in [4.69, 9.17) is 39.5 Å². The van der Waals surface area contributed by atoms with Gasteiger partial charge >= 0.3 is 0 Å². The first-order valence-corrected chi connectivity index (χ1v) is 16.8. The number of amides is 1. The number of carbonyl (C=O) groups is 1. The molecule has 1 aromatic carbocycles. The average Bonchev–Trinajstić information content (AvgIpc) is 2.93. The molecule has 43 heavy (non-hydrogen) atoms. The zero-order valence-corrected chi connectivity index (χ0v) is 29.6. The number of methoxy groups -OCH3 is 1. The lowest BCUT2D eigenvalue weighted by Crippen LogP contribution is -2.70. The first-order chi connectivity index (χ1) is 20.2. The van der Waals surface area contributed by atoms with E-state index >= 15 is 0 Å². The SMILES string of the molecule is C#CC.C=CC(OC)C(/C=C(\C)Cl)S(=O)(=O)N(CC)C1CN(C(C)C)C(O)C(Cc2ccc(Cl)c(Cl)c2)N1C=O.CCC. The maximum atomic E-state index is 14.1. The number of likely N-dealkylation sites (N-methyl/N-ethyl adjacent to an activating group) is 1. The fraction of sp³-hybridized carbons (Fsp3) is 0.581. The van der Waals surface area contributed by atoms with Gasteiger partial charge in [-0.15, -0.1) is 18.9 Å². The van der Waals surface area contributed by atoms with Crippen molar-refractivity contribution in [3.63, 3.8) is 0 Å². The van der Waals surface area contributed by atoms with Crippen molar-refractivity contribution in [1.29, 1.82) is 0 Å². The Morgan fingerprint density at radius 1 is 1.28 bits per heavy atom. The lowest BCUT2D eigenvalue weighted by Gasteiger charge is -2.52. The highest BCUT2D eigenvalue weighted by atomic mass is 35.5. The first-order valence-electron chi connectivity index (χ1n) is 14.1. The quantitative estimate of drug-likeness (QED) is 0.162. The Morgan fingerprint density at radius 3 is 2.23 bits per heavy atom. The van der Waals surface area contributed by atoms with Crippen LogP contribution in [0.3, 0.4) is 0 Å². The highest BCUT2D eigenvalue weighted by Crippen LogP contribution is 2.31. The summed E-state index contributed by atoms with van der Waals surface area (Å²) in [5, 5.41) is 11.1. The van der Waals surface area contributed by atoms with E-state index in [9.17, 15) is 18.3 Å². The van der Waals surface area contributed by atoms with E-state index < -0.39 is 39.8 Å². The lowest BCUT2D eigenvalue weighted by atomic mass is 9.98. The minimum Gasteiger partial charge on any atom is -0.376 e. The largest absolute Gasteiger partial charge is 0.376 e. The molecular formula is C31H48Cl3N3O5S. The van der Waals surface area contributed by atoms with Crippen LogP contribution in [0.15, 0.2) is 42.0 Å². The van der Waals surface area contributed by atoms with Crippen LogP contribution in [0.5, 0.6) is 0 Å². The second-order valence-electron chi connectivity index (χ2n) is 10.2. The van der Waals surface area contributed by atoms with Gasteiger partial charge in [0.15, 0.2) is 0 Å². The summed E-state index contributed by atoms with van der Waals surface area (Å²) >= 11 is 18.4. The molecule has 1 fully saturated rings. The van der Waals surface area contributed by atoms with Crippen molar-refractivity contribution in [2.24, 2.45) is 0 Å². The van der Waals surface area contributed by atoms with Gasteiger partial charge in [-0.3, -0.25) is 9.69 Å². The second kappa shape index (κ2) is 20.4. The molecule has 1 aliphatic heterocycles. The van der Waals surface area contributed by atoms with Crippen LogP contribution in [0, 0.1) is 12.3 Å². The number of aliphatic hydroxyl groups excluding tert-OH is 1. The van der Waals surface area contributed by atoms with E-state index in [1.54, 1.807) is 43.9 Å². The summed E-state index contributed by atoms with van der Waals surface area (Å²) in [6.45, 7) is 16.9.